The van der Waals surface area contributed by atoms with Crippen LogP contribution in [0.2, 0.25) is 0 Å². The number of aryl methyl sites for hydroxylation is 1. The molecule has 6 heteroatoms. The summed E-state index contributed by atoms with van der Waals surface area (Å²) in [6.07, 6.45) is 2.06. The van der Waals surface area contributed by atoms with Crippen LogP contribution in [-0.4, -0.2) is 30.3 Å². The fourth-order valence-electron chi connectivity index (χ4n) is 2.58. The average molecular weight is 320 g/mol. The van der Waals surface area contributed by atoms with Crippen molar-refractivity contribution < 1.29 is 19.1 Å². The van der Waals surface area contributed by atoms with Crippen LogP contribution in [0.3, 0.4) is 0 Å². The van der Waals surface area contributed by atoms with Crippen LogP contribution in [0, 0.1) is 0 Å². The molecular weight excluding hydrogens is 296 g/mol. The molecule has 0 fully saturated rings. The van der Waals surface area contributed by atoms with Crippen LogP contribution in [0.15, 0.2) is 18.2 Å². The van der Waals surface area contributed by atoms with Gasteiger partial charge in [-0.25, -0.2) is 4.79 Å². The van der Waals surface area contributed by atoms with Gasteiger partial charge < -0.3 is 20.5 Å². The number of carbonyl (C=O) groups is 2. The summed E-state index contributed by atoms with van der Waals surface area (Å²) < 4.78 is 10.6. The van der Waals surface area contributed by atoms with Crippen molar-refractivity contribution in [2.45, 2.75) is 51.7 Å². The van der Waals surface area contributed by atoms with Gasteiger partial charge in [0.05, 0.1) is 0 Å². The minimum atomic E-state index is -0.508. The average Bonchev–Trinajstić information content (AvgIpc) is 2.42. The molecule has 6 nitrogen and oxygen atoms in total. The van der Waals surface area contributed by atoms with Crippen molar-refractivity contribution in [3.63, 3.8) is 0 Å². The fourth-order valence-corrected chi connectivity index (χ4v) is 2.58. The molecule has 23 heavy (non-hydrogen) atoms. The molecular formula is C17H24N2O4. The molecule has 0 bridgehead atoms. The van der Waals surface area contributed by atoms with Crippen molar-refractivity contribution in [3.8, 4) is 5.75 Å². The number of nitrogens with one attached hydrogen (secondary N) is 1. The third-order valence-electron chi connectivity index (χ3n) is 3.51. The first-order valence-corrected chi connectivity index (χ1v) is 7.75. The predicted molar refractivity (Wildman–Crippen MR) is 86.3 cm³/mol. The van der Waals surface area contributed by atoms with Gasteiger partial charge in [0.2, 0.25) is 0 Å². The van der Waals surface area contributed by atoms with Crippen LogP contribution in [0.4, 0.5) is 4.79 Å². The first-order valence-electron chi connectivity index (χ1n) is 7.75. The lowest BCUT2D eigenvalue weighted by Crippen LogP contribution is -2.41. The summed E-state index contributed by atoms with van der Waals surface area (Å²) in [6, 6.07) is 5.77. The topological polar surface area (TPSA) is 90.7 Å². The lowest BCUT2D eigenvalue weighted by molar-refractivity contribution is -0.119. The summed E-state index contributed by atoms with van der Waals surface area (Å²) >= 11 is 0. The van der Waals surface area contributed by atoms with Crippen LogP contribution in [-0.2, 0) is 22.4 Å². The van der Waals surface area contributed by atoms with Gasteiger partial charge in [-0.2, -0.15) is 0 Å². The van der Waals surface area contributed by atoms with E-state index in [1.54, 1.807) is 0 Å². The van der Waals surface area contributed by atoms with Crippen LogP contribution in [0.25, 0.3) is 0 Å². The molecule has 126 valence electrons. The Morgan fingerprint density at radius 1 is 1.30 bits per heavy atom. The monoisotopic (exact) mass is 320 g/mol. The lowest BCUT2D eigenvalue weighted by atomic mass is 9.88. The molecule has 0 aromatic heterocycles. The number of amides is 2. The SMILES string of the molecule is CC(C)(C)OC(=O)N[C@H]1CCc2ccc(OCC(N)=O)cc2C1. The highest BCUT2D eigenvalue weighted by Crippen LogP contribution is 2.26. The van der Waals surface area contributed by atoms with Gasteiger partial charge in [-0.3, -0.25) is 4.79 Å². The van der Waals surface area contributed by atoms with Crippen molar-refractivity contribution in [2.75, 3.05) is 6.61 Å². The summed E-state index contributed by atoms with van der Waals surface area (Å²) in [5.74, 6) is 0.104. The van der Waals surface area contributed by atoms with E-state index >= 15 is 0 Å². The third-order valence-corrected chi connectivity index (χ3v) is 3.51. The second kappa shape index (κ2) is 6.89. The highest BCUT2D eigenvalue weighted by molar-refractivity contribution is 5.75. The Balaban J connectivity index is 1.97. The van der Waals surface area contributed by atoms with Crippen LogP contribution in [0.5, 0.6) is 5.75 Å². The molecule has 1 aliphatic rings. The molecule has 0 saturated carbocycles. The maximum Gasteiger partial charge on any atom is 0.407 e. The molecule has 1 atom stereocenters. The van der Waals surface area contributed by atoms with E-state index in [0.717, 1.165) is 18.4 Å². The van der Waals surface area contributed by atoms with Crippen molar-refractivity contribution >= 4 is 12.0 Å². The molecule has 3 N–H and O–H groups in total. The molecule has 0 spiro atoms. The number of rotatable bonds is 4. The van der Waals surface area contributed by atoms with Gasteiger partial charge in [0.25, 0.3) is 5.91 Å². The molecule has 2 amide bonds. The third kappa shape index (κ3) is 5.47. The quantitative estimate of drug-likeness (QED) is 0.887. The zero-order chi connectivity index (χ0) is 17.0. The van der Waals surface area contributed by atoms with Gasteiger partial charge >= 0.3 is 6.09 Å². The van der Waals surface area contributed by atoms with E-state index in [1.807, 2.05) is 39.0 Å². The fraction of sp³-hybridized carbons (Fsp3) is 0.529. The Morgan fingerprint density at radius 3 is 2.70 bits per heavy atom. The number of benzene rings is 1. The maximum atomic E-state index is 11.9. The van der Waals surface area contributed by atoms with Gasteiger partial charge in [-0.05, 0) is 63.3 Å². The minimum Gasteiger partial charge on any atom is -0.484 e. The predicted octanol–water partition coefficient (Wildman–Crippen LogP) is 1.93. The van der Waals surface area contributed by atoms with Crippen LogP contribution < -0.4 is 15.8 Å². The molecule has 2 rings (SSSR count). The van der Waals surface area contributed by atoms with E-state index in [1.165, 1.54) is 5.56 Å². The van der Waals surface area contributed by atoms with Crippen LogP contribution in [0.1, 0.15) is 38.3 Å². The Hall–Kier alpha value is -2.24. The largest absolute Gasteiger partial charge is 0.484 e. The van der Waals surface area contributed by atoms with Crippen molar-refractivity contribution in [1.82, 2.24) is 5.32 Å². The summed E-state index contributed by atoms with van der Waals surface area (Å²) in [7, 11) is 0. The number of carbonyl (C=O) groups excluding carboxylic acids is 2. The number of ether oxygens (including phenoxy) is 2. The number of fused-ring (bicyclic) bond motifs is 1. The van der Waals surface area contributed by atoms with E-state index < -0.39 is 17.6 Å². The van der Waals surface area contributed by atoms with Gasteiger partial charge in [0.1, 0.15) is 11.4 Å². The number of alkyl carbamates (subject to hydrolysis) is 1. The maximum absolute atomic E-state index is 11.9. The van der Waals surface area contributed by atoms with Crippen molar-refractivity contribution in [3.05, 3.63) is 29.3 Å². The van der Waals surface area contributed by atoms with E-state index in [-0.39, 0.29) is 12.6 Å². The minimum absolute atomic E-state index is 0.0312. The van der Waals surface area contributed by atoms with E-state index in [4.69, 9.17) is 15.2 Å². The summed E-state index contributed by atoms with van der Waals surface area (Å²) in [4.78, 5) is 22.7. The van der Waals surface area contributed by atoms with E-state index in [2.05, 4.69) is 5.32 Å². The summed E-state index contributed by atoms with van der Waals surface area (Å²) in [5.41, 5.74) is 6.92. The van der Waals surface area contributed by atoms with Crippen LogP contribution >= 0.6 is 0 Å². The molecule has 0 saturated heterocycles. The number of hydrogen-bond donors (Lipinski definition) is 2. The Labute approximate surface area is 136 Å². The van der Waals surface area contributed by atoms with E-state index in [0.29, 0.717) is 12.2 Å². The zero-order valence-corrected chi connectivity index (χ0v) is 13.8. The second-order valence-electron chi connectivity index (χ2n) is 6.77. The highest BCUT2D eigenvalue weighted by atomic mass is 16.6. The molecule has 1 aromatic rings. The normalized spacial score (nSPS) is 17.1. The Morgan fingerprint density at radius 2 is 2.04 bits per heavy atom. The Bertz CT molecular complexity index is 593. The number of primary amides is 1. The highest BCUT2D eigenvalue weighted by Gasteiger charge is 2.23. The summed E-state index contributed by atoms with van der Waals surface area (Å²) in [6.45, 7) is 5.37. The first kappa shape index (κ1) is 17.1. The zero-order valence-electron chi connectivity index (χ0n) is 13.8. The van der Waals surface area contributed by atoms with Gasteiger partial charge in [0, 0.05) is 6.04 Å². The molecule has 1 aromatic carbocycles. The smallest absolute Gasteiger partial charge is 0.407 e. The van der Waals surface area contributed by atoms with Gasteiger partial charge in [-0.15, -0.1) is 0 Å². The molecule has 1 aliphatic carbocycles. The molecule has 0 aliphatic heterocycles. The lowest BCUT2D eigenvalue weighted by Gasteiger charge is -2.27. The first-order chi connectivity index (χ1) is 10.7. The van der Waals surface area contributed by atoms with Gasteiger partial charge in [0.15, 0.2) is 6.61 Å². The summed E-state index contributed by atoms with van der Waals surface area (Å²) in [5, 5.41) is 2.91. The van der Waals surface area contributed by atoms with E-state index in [9.17, 15) is 9.59 Å². The molecule has 0 unspecified atom stereocenters. The Kier molecular flexibility index (Phi) is 5.13. The standard InChI is InChI=1S/C17H24N2O4/c1-17(2,3)23-16(21)19-13-6-4-11-5-7-14(9-12(11)8-13)22-10-15(18)20/h5,7,9,13H,4,6,8,10H2,1-3H3,(H2,18,20)(H,19,21)/t13-/m0/s1. The van der Waals surface area contributed by atoms with Crippen molar-refractivity contribution in [2.24, 2.45) is 5.73 Å². The molecule has 0 heterocycles. The number of nitrogens with two attached hydrogens (primary N) is 1. The molecule has 0 radical (unpaired) electrons. The van der Waals surface area contributed by atoms with Crippen molar-refractivity contribution in [1.29, 1.82) is 0 Å². The second-order valence-corrected chi connectivity index (χ2v) is 6.77. The number of hydrogen-bond acceptors (Lipinski definition) is 4. The van der Waals surface area contributed by atoms with Gasteiger partial charge in [-0.1, -0.05) is 6.07 Å².